The van der Waals surface area contributed by atoms with Crippen molar-refractivity contribution in [3.63, 3.8) is 0 Å². The normalized spacial score (nSPS) is 17.7. The second-order valence-corrected chi connectivity index (χ2v) is 6.46. The number of hydrogen-bond acceptors (Lipinski definition) is 3. The smallest absolute Gasteiger partial charge is 0.343 e. The number of benzene rings is 1. The molecule has 0 fully saturated rings. The minimum Gasteiger partial charge on any atom is -0.423 e. The number of allylic oxidation sites excluding steroid dienone is 3. The van der Waals surface area contributed by atoms with Crippen LogP contribution in [0.2, 0.25) is 0 Å². The van der Waals surface area contributed by atoms with E-state index in [0.29, 0.717) is 11.3 Å². The first kappa shape index (κ1) is 15.7. The minimum absolute atomic E-state index is 0.211. The van der Waals surface area contributed by atoms with Gasteiger partial charge in [-0.25, -0.2) is 4.79 Å². The molecule has 1 unspecified atom stereocenters. The molecule has 1 aliphatic carbocycles. The lowest BCUT2D eigenvalue weighted by Crippen LogP contribution is -2.13. The molecule has 0 radical (unpaired) electrons. The Bertz CT molecular complexity index is 766. The Morgan fingerprint density at radius 1 is 1.17 bits per heavy atom. The maximum absolute atomic E-state index is 12.4. The summed E-state index contributed by atoms with van der Waals surface area (Å²) < 4.78 is 6.69. The van der Waals surface area contributed by atoms with Gasteiger partial charge in [0.15, 0.2) is 0 Å². The summed E-state index contributed by atoms with van der Waals surface area (Å²) in [6, 6.07) is 14.7. The minimum atomic E-state index is -0.361. The lowest BCUT2D eigenvalue weighted by molar-refractivity contribution is 0.0636. The second-order valence-electron chi connectivity index (χ2n) is 5.44. The van der Waals surface area contributed by atoms with Gasteiger partial charge in [-0.15, -0.1) is 0 Å². The highest BCUT2D eigenvalue weighted by Gasteiger charge is 2.25. The lowest BCUT2D eigenvalue weighted by atomic mass is 9.89. The number of nitrogens with zero attached hydrogens (tertiary/aromatic N) is 1. The molecular weight excluding hydrogens is 354 g/mol. The number of carbonyl (C=O) groups is 1. The van der Waals surface area contributed by atoms with Crippen molar-refractivity contribution in [3.05, 3.63) is 82.3 Å². The number of carbonyl (C=O) groups excluding carboxylic acids is 1. The van der Waals surface area contributed by atoms with Crippen molar-refractivity contribution in [2.75, 3.05) is 0 Å². The summed E-state index contributed by atoms with van der Waals surface area (Å²) in [6.07, 6.45) is 4.47. The van der Waals surface area contributed by atoms with E-state index in [1.807, 2.05) is 42.5 Å². The number of rotatable bonds is 3. The van der Waals surface area contributed by atoms with E-state index in [1.54, 1.807) is 18.3 Å². The fourth-order valence-electron chi connectivity index (χ4n) is 2.63. The van der Waals surface area contributed by atoms with E-state index >= 15 is 0 Å². The lowest BCUT2D eigenvalue weighted by Gasteiger charge is -2.23. The summed E-state index contributed by atoms with van der Waals surface area (Å²) in [5, 5.41) is 0. The summed E-state index contributed by atoms with van der Waals surface area (Å²) in [5.74, 6) is 0.408. The second kappa shape index (κ2) is 6.92. The third-order valence-electron chi connectivity index (χ3n) is 3.70. The molecule has 0 spiro atoms. The van der Waals surface area contributed by atoms with Crippen LogP contribution in [0, 0.1) is 5.92 Å². The van der Waals surface area contributed by atoms with Crippen molar-refractivity contribution in [1.29, 1.82) is 0 Å². The molecule has 3 rings (SSSR count). The average molecular weight is 370 g/mol. The highest BCUT2D eigenvalue weighted by atomic mass is 79.9. The SMILES string of the molecule is CC1CC(Br)=CC(OC(=O)c2ccccc2)=C1c1ccccn1. The van der Waals surface area contributed by atoms with Gasteiger partial charge in [-0.1, -0.05) is 47.1 Å². The highest BCUT2D eigenvalue weighted by molar-refractivity contribution is 9.11. The Hall–Kier alpha value is -2.20. The van der Waals surface area contributed by atoms with Gasteiger partial charge in [0.05, 0.1) is 11.3 Å². The Morgan fingerprint density at radius 2 is 1.91 bits per heavy atom. The topological polar surface area (TPSA) is 39.2 Å². The van der Waals surface area contributed by atoms with Crippen LogP contribution in [-0.4, -0.2) is 11.0 Å². The molecule has 1 atom stereocenters. The zero-order valence-electron chi connectivity index (χ0n) is 12.7. The van der Waals surface area contributed by atoms with E-state index in [9.17, 15) is 4.79 Å². The van der Waals surface area contributed by atoms with Crippen LogP contribution >= 0.6 is 15.9 Å². The number of hydrogen-bond donors (Lipinski definition) is 0. The zero-order chi connectivity index (χ0) is 16.2. The summed E-state index contributed by atoms with van der Waals surface area (Å²) in [6.45, 7) is 2.11. The van der Waals surface area contributed by atoms with Crippen molar-refractivity contribution in [1.82, 2.24) is 4.98 Å². The van der Waals surface area contributed by atoms with Gasteiger partial charge in [0.25, 0.3) is 0 Å². The molecular formula is C19H16BrNO2. The molecule has 0 bridgehead atoms. The predicted molar refractivity (Wildman–Crippen MR) is 93.8 cm³/mol. The molecule has 1 heterocycles. The van der Waals surface area contributed by atoms with Crippen molar-refractivity contribution in [2.45, 2.75) is 13.3 Å². The average Bonchev–Trinajstić information content (AvgIpc) is 2.56. The van der Waals surface area contributed by atoms with Gasteiger partial charge >= 0.3 is 5.97 Å². The molecule has 1 aromatic heterocycles. The molecule has 23 heavy (non-hydrogen) atoms. The maximum Gasteiger partial charge on any atom is 0.343 e. The van der Waals surface area contributed by atoms with Gasteiger partial charge in [-0.2, -0.15) is 0 Å². The van der Waals surface area contributed by atoms with E-state index in [2.05, 4.69) is 27.8 Å². The molecule has 0 aliphatic heterocycles. The molecule has 0 saturated carbocycles. The maximum atomic E-state index is 12.4. The number of aromatic nitrogens is 1. The van der Waals surface area contributed by atoms with Crippen molar-refractivity contribution < 1.29 is 9.53 Å². The van der Waals surface area contributed by atoms with E-state index < -0.39 is 0 Å². The molecule has 2 aromatic rings. The molecule has 0 amide bonds. The number of ether oxygens (including phenoxy) is 1. The van der Waals surface area contributed by atoms with Gasteiger partial charge in [-0.05, 0) is 47.2 Å². The summed E-state index contributed by atoms with van der Waals surface area (Å²) in [5.41, 5.74) is 2.33. The molecule has 1 aliphatic rings. The molecule has 116 valence electrons. The fraction of sp³-hybridized carbons (Fsp3) is 0.158. The van der Waals surface area contributed by atoms with Crippen molar-refractivity contribution in [2.24, 2.45) is 5.92 Å². The Morgan fingerprint density at radius 3 is 2.61 bits per heavy atom. The number of esters is 1. The Kier molecular flexibility index (Phi) is 4.72. The monoisotopic (exact) mass is 369 g/mol. The van der Waals surface area contributed by atoms with E-state index in [4.69, 9.17) is 4.74 Å². The fourth-order valence-corrected chi connectivity index (χ4v) is 3.33. The van der Waals surface area contributed by atoms with E-state index in [0.717, 1.165) is 22.2 Å². The van der Waals surface area contributed by atoms with Crippen LogP contribution in [0.4, 0.5) is 0 Å². The molecule has 0 N–H and O–H groups in total. The van der Waals surface area contributed by atoms with Crippen LogP contribution in [-0.2, 0) is 4.74 Å². The van der Waals surface area contributed by atoms with Gasteiger partial charge in [0.2, 0.25) is 0 Å². The summed E-state index contributed by atoms with van der Waals surface area (Å²) in [4.78, 5) is 16.8. The molecule has 4 heteroatoms. The van der Waals surface area contributed by atoms with Crippen LogP contribution in [0.1, 0.15) is 29.4 Å². The Labute approximate surface area is 143 Å². The third-order valence-corrected chi connectivity index (χ3v) is 4.25. The molecule has 3 nitrogen and oxygen atoms in total. The van der Waals surface area contributed by atoms with E-state index in [1.165, 1.54) is 0 Å². The highest BCUT2D eigenvalue weighted by Crippen LogP contribution is 2.38. The van der Waals surface area contributed by atoms with Crippen LogP contribution < -0.4 is 0 Å². The standard InChI is InChI=1S/C19H16BrNO2/c1-13-11-15(20)12-17(18(13)16-9-5-6-10-21-16)23-19(22)14-7-3-2-4-8-14/h2-10,12-13H,11H2,1H3. The largest absolute Gasteiger partial charge is 0.423 e. The van der Waals surface area contributed by atoms with Crippen LogP contribution in [0.3, 0.4) is 0 Å². The van der Waals surface area contributed by atoms with Gasteiger partial charge < -0.3 is 4.74 Å². The van der Waals surface area contributed by atoms with Gasteiger partial charge in [0.1, 0.15) is 5.76 Å². The first-order valence-electron chi connectivity index (χ1n) is 7.44. The van der Waals surface area contributed by atoms with Gasteiger partial charge in [0, 0.05) is 11.8 Å². The van der Waals surface area contributed by atoms with E-state index in [-0.39, 0.29) is 11.9 Å². The third kappa shape index (κ3) is 3.59. The first-order valence-corrected chi connectivity index (χ1v) is 8.23. The zero-order valence-corrected chi connectivity index (χ0v) is 14.3. The van der Waals surface area contributed by atoms with Crippen molar-refractivity contribution >= 4 is 27.5 Å². The van der Waals surface area contributed by atoms with Gasteiger partial charge in [-0.3, -0.25) is 4.98 Å². The number of halogens is 1. The number of pyridine rings is 1. The van der Waals surface area contributed by atoms with Crippen LogP contribution in [0.15, 0.2) is 71.0 Å². The summed E-state index contributed by atoms with van der Waals surface area (Å²) in [7, 11) is 0. The Balaban J connectivity index is 1.99. The molecule has 0 saturated heterocycles. The van der Waals surface area contributed by atoms with Crippen LogP contribution in [0.25, 0.3) is 5.57 Å². The quantitative estimate of drug-likeness (QED) is 0.717. The van der Waals surface area contributed by atoms with Crippen LogP contribution in [0.5, 0.6) is 0 Å². The molecule has 1 aromatic carbocycles. The van der Waals surface area contributed by atoms with Crippen molar-refractivity contribution in [3.8, 4) is 0 Å². The predicted octanol–water partition coefficient (Wildman–Crippen LogP) is 4.97. The first-order chi connectivity index (χ1) is 11.1. The summed E-state index contributed by atoms with van der Waals surface area (Å²) >= 11 is 3.53.